The molecular formula is C17H12BrNO3. The minimum absolute atomic E-state index is 0.0115. The van der Waals surface area contributed by atoms with Crippen molar-refractivity contribution in [1.82, 2.24) is 0 Å². The summed E-state index contributed by atoms with van der Waals surface area (Å²) in [4.78, 5) is 24.4. The van der Waals surface area contributed by atoms with Crippen LogP contribution < -0.4 is 10.7 Å². The Labute approximate surface area is 134 Å². The first-order valence-electron chi connectivity index (χ1n) is 6.65. The second-order valence-electron chi connectivity index (χ2n) is 4.86. The van der Waals surface area contributed by atoms with Gasteiger partial charge in [-0.25, -0.2) is 0 Å². The van der Waals surface area contributed by atoms with Gasteiger partial charge in [0.1, 0.15) is 5.58 Å². The van der Waals surface area contributed by atoms with E-state index in [4.69, 9.17) is 4.42 Å². The van der Waals surface area contributed by atoms with Gasteiger partial charge in [0.15, 0.2) is 11.2 Å². The third-order valence-electron chi connectivity index (χ3n) is 3.30. The van der Waals surface area contributed by atoms with Gasteiger partial charge in [0, 0.05) is 10.5 Å². The Morgan fingerprint density at radius 2 is 1.91 bits per heavy atom. The Bertz CT molecular complexity index is 931. The molecule has 0 aliphatic rings. The average Bonchev–Trinajstić information content (AvgIpc) is 2.50. The van der Waals surface area contributed by atoms with Crippen molar-refractivity contribution in [2.45, 2.75) is 6.92 Å². The van der Waals surface area contributed by atoms with Crippen molar-refractivity contribution >= 4 is 38.5 Å². The fourth-order valence-corrected chi connectivity index (χ4v) is 2.56. The molecule has 0 saturated heterocycles. The third kappa shape index (κ3) is 2.67. The Morgan fingerprint density at radius 3 is 2.68 bits per heavy atom. The number of benzene rings is 2. The van der Waals surface area contributed by atoms with Crippen molar-refractivity contribution in [2.75, 3.05) is 5.32 Å². The number of fused-ring (bicyclic) bond motifs is 1. The molecule has 1 amide bonds. The Morgan fingerprint density at radius 1 is 1.14 bits per heavy atom. The maximum atomic E-state index is 12.3. The first-order valence-corrected chi connectivity index (χ1v) is 7.45. The number of aryl methyl sites for hydroxylation is 1. The number of halogens is 1. The number of para-hydroxylation sites is 2. The lowest BCUT2D eigenvalue weighted by Gasteiger charge is -2.07. The molecule has 0 unspecified atom stereocenters. The van der Waals surface area contributed by atoms with Crippen LogP contribution in [0.4, 0.5) is 5.69 Å². The van der Waals surface area contributed by atoms with Crippen LogP contribution in [-0.4, -0.2) is 5.91 Å². The normalized spacial score (nSPS) is 10.6. The number of rotatable bonds is 2. The van der Waals surface area contributed by atoms with Crippen LogP contribution >= 0.6 is 15.9 Å². The summed E-state index contributed by atoms with van der Waals surface area (Å²) in [5.74, 6) is -0.475. The SMILES string of the molecule is Cc1cccc2c(=O)cc(C(=O)Nc3ccccc3Br)oc12. The highest BCUT2D eigenvalue weighted by atomic mass is 79.9. The standard InChI is InChI=1S/C17H12BrNO3/c1-10-5-4-6-11-14(20)9-15(22-16(10)11)17(21)19-13-8-3-2-7-12(13)18/h2-9H,1H3,(H,19,21). The molecule has 1 aromatic heterocycles. The van der Waals surface area contributed by atoms with E-state index in [1.54, 1.807) is 24.3 Å². The van der Waals surface area contributed by atoms with E-state index < -0.39 is 5.91 Å². The number of nitrogens with one attached hydrogen (secondary N) is 1. The van der Waals surface area contributed by atoms with Gasteiger partial charge in [-0.1, -0.05) is 24.3 Å². The molecule has 0 aliphatic heterocycles. The molecule has 0 fully saturated rings. The fourth-order valence-electron chi connectivity index (χ4n) is 2.18. The number of anilines is 1. The zero-order chi connectivity index (χ0) is 15.7. The van der Waals surface area contributed by atoms with Crippen LogP contribution in [0.5, 0.6) is 0 Å². The summed E-state index contributed by atoms with van der Waals surface area (Å²) in [5.41, 5.74) is 1.62. The van der Waals surface area contributed by atoms with Gasteiger partial charge in [-0.3, -0.25) is 9.59 Å². The molecule has 4 nitrogen and oxygen atoms in total. The zero-order valence-electron chi connectivity index (χ0n) is 11.7. The number of carbonyl (C=O) groups is 1. The van der Waals surface area contributed by atoms with Gasteiger partial charge in [0.25, 0.3) is 5.91 Å². The van der Waals surface area contributed by atoms with Crippen molar-refractivity contribution in [3.63, 3.8) is 0 Å². The molecule has 110 valence electrons. The summed E-state index contributed by atoms with van der Waals surface area (Å²) in [6.07, 6.45) is 0. The maximum Gasteiger partial charge on any atom is 0.291 e. The molecule has 0 saturated carbocycles. The molecule has 0 aliphatic carbocycles. The summed E-state index contributed by atoms with van der Waals surface area (Å²) >= 11 is 3.36. The van der Waals surface area contributed by atoms with Gasteiger partial charge in [0.05, 0.1) is 11.1 Å². The summed E-state index contributed by atoms with van der Waals surface area (Å²) in [7, 11) is 0. The maximum absolute atomic E-state index is 12.3. The largest absolute Gasteiger partial charge is 0.450 e. The summed E-state index contributed by atoms with van der Waals surface area (Å²) in [5, 5.41) is 3.19. The van der Waals surface area contributed by atoms with Gasteiger partial charge in [-0.05, 0) is 46.6 Å². The van der Waals surface area contributed by atoms with E-state index in [9.17, 15) is 9.59 Å². The Balaban J connectivity index is 2.03. The fraction of sp³-hybridized carbons (Fsp3) is 0.0588. The van der Waals surface area contributed by atoms with Crippen LogP contribution in [0.25, 0.3) is 11.0 Å². The van der Waals surface area contributed by atoms with E-state index in [-0.39, 0.29) is 11.2 Å². The van der Waals surface area contributed by atoms with Gasteiger partial charge in [0.2, 0.25) is 0 Å². The molecule has 1 N–H and O–H groups in total. The van der Waals surface area contributed by atoms with E-state index >= 15 is 0 Å². The van der Waals surface area contributed by atoms with Crippen molar-refractivity contribution in [3.8, 4) is 0 Å². The molecule has 0 bridgehead atoms. The Hall–Kier alpha value is -2.40. The third-order valence-corrected chi connectivity index (χ3v) is 3.99. The number of carbonyl (C=O) groups excluding carboxylic acids is 1. The Kier molecular flexibility index (Phi) is 3.81. The van der Waals surface area contributed by atoms with Gasteiger partial charge < -0.3 is 9.73 Å². The second kappa shape index (κ2) is 5.77. The van der Waals surface area contributed by atoms with Crippen LogP contribution in [0.2, 0.25) is 0 Å². The smallest absolute Gasteiger partial charge is 0.291 e. The number of hydrogen-bond donors (Lipinski definition) is 1. The highest BCUT2D eigenvalue weighted by molar-refractivity contribution is 9.10. The quantitative estimate of drug-likeness (QED) is 0.750. The predicted octanol–water partition coefficient (Wildman–Crippen LogP) is 4.12. The first-order chi connectivity index (χ1) is 10.6. The highest BCUT2D eigenvalue weighted by Gasteiger charge is 2.14. The van der Waals surface area contributed by atoms with Crippen molar-refractivity contribution in [1.29, 1.82) is 0 Å². The van der Waals surface area contributed by atoms with Crippen molar-refractivity contribution < 1.29 is 9.21 Å². The molecule has 0 radical (unpaired) electrons. The van der Waals surface area contributed by atoms with E-state index in [1.807, 2.05) is 25.1 Å². The second-order valence-corrected chi connectivity index (χ2v) is 5.71. The van der Waals surface area contributed by atoms with Gasteiger partial charge in [-0.15, -0.1) is 0 Å². The van der Waals surface area contributed by atoms with Gasteiger partial charge in [-0.2, -0.15) is 0 Å². The lowest BCUT2D eigenvalue weighted by Crippen LogP contribution is -2.15. The van der Waals surface area contributed by atoms with Gasteiger partial charge >= 0.3 is 0 Å². The molecule has 5 heteroatoms. The molecule has 22 heavy (non-hydrogen) atoms. The number of amides is 1. The number of hydrogen-bond acceptors (Lipinski definition) is 3. The molecule has 1 heterocycles. The van der Waals surface area contributed by atoms with E-state index in [0.717, 1.165) is 10.0 Å². The van der Waals surface area contributed by atoms with Crippen LogP contribution in [-0.2, 0) is 0 Å². The monoisotopic (exact) mass is 357 g/mol. The van der Waals surface area contributed by atoms with Crippen LogP contribution in [0.1, 0.15) is 16.1 Å². The molecule has 0 atom stereocenters. The highest BCUT2D eigenvalue weighted by Crippen LogP contribution is 2.22. The minimum Gasteiger partial charge on any atom is -0.450 e. The molecular weight excluding hydrogens is 346 g/mol. The van der Waals surface area contributed by atoms with Crippen LogP contribution in [0, 0.1) is 6.92 Å². The molecule has 2 aromatic carbocycles. The van der Waals surface area contributed by atoms with Crippen molar-refractivity contribution in [2.24, 2.45) is 0 Å². The van der Waals surface area contributed by atoms with E-state index in [1.165, 1.54) is 6.07 Å². The average molecular weight is 358 g/mol. The topological polar surface area (TPSA) is 59.3 Å². The van der Waals surface area contributed by atoms with E-state index in [0.29, 0.717) is 16.7 Å². The van der Waals surface area contributed by atoms with Crippen molar-refractivity contribution in [3.05, 3.63) is 74.6 Å². The summed E-state index contributed by atoms with van der Waals surface area (Å²) < 4.78 is 6.37. The first kappa shape index (κ1) is 14.5. The molecule has 3 aromatic rings. The van der Waals surface area contributed by atoms with E-state index in [2.05, 4.69) is 21.2 Å². The zero-order valence-corrected chi connectivity index (χ0v) is 13.3. The summed E-state index contributed by atoms with van der Waals surface area (Å²) in [6, 6.07) is 13.7. The lowest BCUT2D eigenvalue weighted by atomic mass is 10.1. The lowest BCUT2D eigenvalue weighted by molar-refractivity contribution is 0.0997. The predicted molar refractivity (Wildman–Crippen MR) is 89.3 cm³/mol. The van der Waals surface area contributed by atoms with Crippen LogP contribution in [0.3, 0.4) is 0 Å². The molecule has 0 spiro atoms. The van der Waals surface area contributed by atoms with Crippen LogP contribution in [0.15, 0.2) is 62.2 Å². The minimum atomic E-state index is -0.464. The summed E-state index contributed by atoms with van der Waals surface area (Å²) in [6.45, 7) is 1.83. The molecule has 3 rings (SSSR count).